The fourth-order valence-corrected chi connectivity index (χ4v) is 6.92. The molecule has 7 rings (SSSR count). The van der Waals surface area contributed by atoms with Crippen LogP contribution in [0.4, 0.5) is 11.5 Å². The molecule has 232 valence electrons. The standard InChI is InChI=1S/C37H37N7O2/c1-3-6-26(4-2)31-14-15-32-36(40-31)44(35(41-32)30-7-5-17-39-34(30)38)28-11-8-25(9-12-28)20-42-22-37(23-42)16-18-43(24-37)29-13-10-27(21-45)33(46)19-29/h3-15,17,19,21,46H,16,18,20,22-24H2,1-2H3,(H2,38,39)/b6-3-,26-4+. The van der Waals surface area contributed by atoms with Crippen molar-refractivity contribution in [1.82, 2.24) is 24.4 Å². The first-order valence-electron chi connectivity index (χ1n) is 15.6. The number of allylic oxidation sites excluding steroid dienone is 4. The minimum absolute atomic E-state index is 0.0410. The van der Waals surface area contributed by atoms with E-state index in [2.05, 4.69) is 55.8 Å². The summed E-state index contributed by atoms with van der Waals surface area (Å²) in [5.74, 6) is 1.17. The maximum absolute atomic E-state index is 11.1. The summed E-state index contributed by atoms with van der Waals surface area (Å²) in [6, 6.07) is 21.8. The van der Waals surface area contributed by atoms with E-state index in [1.165, 1.54) is 5.56 Å². The van der Waals surface area contributed by atoms with Gasteiger partial charge in [-0.15, -0.1) is 0 Å². The van der Waals surface area contributed by atoms with E-state index in [9.17, 15) is 9.90 Å². The molecule has 0 atom stereocenters. The highest BCUT2D eigenvalue weighted by molar-refractivity contribution is 5.85. The lowest BCUT2D eigenvalue weighted by Gasteiger charge is -2.48. The molecule has 0 radical (unpaired) electrons. The van der Waals surface area contributed by atoms with Crippen LogP contribution in [-0.2, 0) is 6.54 Å². The summed E-state index contributed by atoms with van der Waals surface area (Å²) in [6.07, 6.45) is 9.62. The zero-order chi connectivity index (χ0) is 31.8. The summed E-state index contributed by atoms with van der Waals surface area (Å²) in [6.45, 7) is 8.86. The van der Waals surface area contributed by atoms with Gasteiger partial charge in [0.1, 0.15) is 17.1 Å². The Morgan fingerprint density at radius 2 is 1.80 bits per heavy atom. The number of aromatic nitrogens is 4. The number of phenolic OH excluding ortho intramolecular Hbond substituents is 1. The Morgan fingerprint density at radius 1 is 1.00 bits per heavy atom. The van der Waals surface area contributed by atoms with Crippen molar-refractivity contribution < 1.29 is 9.90 Å². The minimum Gasteiger partial charge on any atom is -0.507 e. The van der Waals surface area contributed by atoms with Gasteiger partial charge in [-0.1, -0.05) is 30.4 Å². The Balaban J connectivity index is 1.11. The molecule has 2 saturated heterocycles. The number of likely N-dealkylation sites (tertiary alicyclic amines) is 1. The molecule has 1 spiro atoms. The molecule has 0 saturated carbocycles. The van der Waals surface area contributed by atoms with Crippen LogP contribution in [0.3, 0.4) is 0 Å². The zero-order valence-corrected chi connectivity index (χ0v) is 26.1. The fourth-order valence-electron chi connectivity index (χ4n) is 6.92. The topological polar surface area (TPSA) is 113 Å². The molecule has 5 aromatic rings. The summed E-state index contributed by atoms with van der Waals surface area (Å²) in [5, 5.41) is 10.2. The number of rotatable bonds is 8. The van der Waals surface area contributed by atoms with E-state index >= 15 is 0 Å². The third-order valence-electron chi connectivity index (χ3n) is 9.20. The predicted octanol–water partition coefficient (Wildman–Crippen LogP) is 6.27. The lowest BCUT2D eigenvalue weighted by Crippen LogP contribution is -2.56. The second kappa shape index (κ2) is 11.9. The average molecular weight is 612 g/mol. The van der Waals surface area contributed by atoms with Crippen LogP contribution < -0.4 is 10.6 Å². The molecule has 2 aromatic carbocycles. The second-order valence-electron chi connectivity index (χ2n) is 12.3. The number of nitrogens with two attached hydrogens (primary N) is 1. The number of nitrogen functional groups attached to an aromatic ring is 1. The smallest absolute Gasteiger partial charge is 0.165 e. The molecule has 3 N–H and O–H groups in total. The van der Waals surface area contributed by atoms with Gasteiger partial charge < -0.3 is 15.7 Å². The van der Waals surface area contributed by atoms with E-state index in [0.29, 0.717) is 23.5 Å². The van der Waals surface area contributed by atoms with Gasteiger partial charge in [-0.3, -0.25) is 14.3 Å². The number of fused-ring (bicyclic) bond motifs is 1. The number of nitrogens with zero attached hydrogens (tertiary/aromatic N) is 6. The van der Waals surface area contributed by atoms with E-state index in [4.69, 9.17) is 15.7 Å². The monoisotopic (exact) mass is 611 g/mol. The molecule has 9 nitrogen and oxygen atoms in total. The van der Waals surface area contributed by atoms with Crippen LogP contribution in [0.2, 0.25) is 0 Å². The number of pyridine rings is 2. The van der Waals surface area contributed by atoms with Gasteiger partial charge in [-0.05, 0) is 79.9 Å². The number of aromatic hydroxyl groups is 1. The average Bonchev–Trinajstić information content (AvgIpc) is 3.67. The third-order valence-corrected chi connectivity index (χ3v) is 9.20. The summed E-state index contributed by atoms with van der Waals surface area (Å²) in [5.41, 5.74) is 14.3. The molecule has 3 aromatic heterocycles. The molecule has 2 aliphatic heterocycles. The van der Waals surface area contributed by atoms with Crippen molar-refractivity contribution in [3.63, 3.8) is 0 Å². The van der Waals surface area contributed by atoms with Crippen molar-refractivity contribution >= 4 is 34.5 Å². The Labute approximate surface area is 268 Å². The minimum atomic E-state index is 0.0410. The Bertz CT molecular complexity index is 1990. The van der Waals surface area contributed by atoms with Gasteiger partial charge in [0.2, 0.25) is 0 Å². The summed E-state index contributed by atoms with van der Waals surface area (Å²) < 4.78 is 2.07. The number of aldehydes is 1. The number of anilines is 2. The number of imidazole rings is 1. The van der Waals surface area contributed by atoms with Crippen LogP contribution in [0.15, 0.2) is 91.2 Å². The highest BCUT2D eigenvalue weighted by atomic mass is 16.3. The molecule has 0 aliphatic carbocycles. The Hall–Kier alpha value is -5.28. The van der Waals surface area contributed by atoms with Gasteiger partial charge in [-0.2, -0.15) is 0 Å². The molecular weight excluding hydrogens is 574 g/mol. The Kier molecular flexibility index (Phi) is 7.62. The maximum Gasteiger partial charge on any atom is 0.165 e. The highest BCUT2D eigenvalue weighted by Crippen LogP contribution is 2.42. The first kappa shape index (κ1) is 29.4. The molecule has 0 unspecified atom stereocenters. The van der Waals surface area contributed by atoms with Gasteiger partial charge in [0.05, 0.1) is 16.8 Å². The summed E-state index contributed by atoms with van der Waals surface area (Å²) in [4.78, 5) is 30.3. The molecule has 2 aliphatic rings. The number of carbonyl (C=O) groups excluding carboxylic acids is 1. The van der Waals surface area contributed by atoms with Crippen molar-refractivity contribution in [2.24, 2.45) is 5.41 Å². The van der Waals surface area contributed by atoms with E-state index in [1.807, 2.05) is 50.3 Å². The first-order chi connectivity index (χ1) is 22.4. The summed E-state index contributed by atoms with van der Waals surface area (Å²) >= 11 is 0. The van der Waals surface area contributed by atoms with E-state index < -0.39 is 0 Å². The SMILES string of the molecule is C/C=C\C(=C/C)c1ccc2nc(-c3cccnc3N)n(-c3ccc(CN4CC5(CCN(c6ccc(C=O)c(O)c6)C5)C4)cc3)c2n1. The molecule has 5 heterocycles. The van der Waals surface area contributed by atoms with E-state index in [-0.39, 0.29) is 11.2 Å². The molecule has 46 heavy (non-hydrogen) atoms. The van der Waals surface area contributed by atoms with Crippen LogP contribution in [0, 0.1) is 5.41 Å². The number of phenols is 1. The van der Waals surface area contributed by atoms with E-state index in [1.54, 1.807) is 18.3 Å². The molecule has 2 fully saturated rings. The Morgan fingerprint density at radius 3 is 2.52 bits per heavy atom. The number of hydrogen-bond donors (Lipinski definition) is 2. The van der Waals surface area contributed by atoms with E-state index in [0.717, 1.165) is 78.5 Å². The molecular formula is C37H37N7O2. The van der Waals surface area contributed by atoms with Crippen LogP contribution in [0.5, 0.6) is 5.75 Å². The largest absolute Gasteiger partial charge is 0.507 e. The van der Waals surface area contributed by atoms with Crippen LogP contribution in [0.1, 0.15) is 41.9 Å². The van der Waals surface area contributed by atoms with Crippen molar-refractivity contribution in [2.45, 2.75) is 26.8 Å². The van der Waals surface area contributed by atoms with Gasteiger partial charge >= 0.3 is 0 Å². The van der Waals surface area contributed by atoms with Crippen LogP contribution in [0.25, 0.3) is 33.8 Å². The highest BCUT2D eigenvalue weighted by Gasteiger charge is 2.47. The number of hydrogen-bond acceptors (Lipinski definition) is 8. The molecule has 0 amide bonds. The van der Waals surface area contributed by atoms with Crippen molar-refractivity contribution in [1.29, 1.82) is 0 Å². The number of carbonyl (C=O) groups is 1. The van der Waals surface area contributed by atoms with Crippen LogP contribution >= 0.6 is 0 Å². The lowest BCUT2D eigenvalue weighted by molar-refractivity contribution is 0.0117. The summed E-state index contributed by atoms with van der Waals surface area (Å²) in [7, 11) is 0. The van der Waals surface area contributed by atoms with Crippen molar-refractivity contribution in [2.75, 3.05) is 36.8 Å². The van der Waals surface area contributed by atoms with Gasteiger partial charge in [0, 0.05) is 61.8 Å². The van der Waals surface area contributed by atoms with Crippen molar-refractivity contribution in [3.05, 3.63) is 108 Å². The van der Waals surface area contributed by atoms with Crippen LogP contribution in [-0.4, -0.2) is 62.0 Å². The zero-order valence-electron chi connectivity index (χ0n) is 26.1. The van der Waals surface area contributed by atoms with Gasteiger partial charge in [0.25, 0.3) is 0 Å². The molecule has 9 heteroatoms. The van der Waals surface area contributed by atoms with Gasteiger partial charge in [-0.25, -0.2) is 15.0 Å². The molecule has 0 bridgehead atoms. The normalized spacial score (nSPS) is 16.5. The lowest BCUT2D eigenvalue weighted by atomic mass is 9.79. The number of benzene rings is 2. The third kappa shape index (κ3) is 5.32. The quantitative estimate of drug-likeness (QED) is 0.156. The fraction of sp³-hybridized carbons (Fsp3) is 0.243. The second-order valence-corrected chi connectivity index (χ2v) is 12.3. The van der Waals surface area contributed by atoms with Gasteiger partial charge in [0.15, 0.2) is 17.8 Å². The predicted molar refractivity (Wildman–Crippen MR) is 183 cm³/mol. The maximum atomic E-state index is 11.1. The first-order valence-corrected chi connectivity index (χ1v) is 15.6. The van der Waals surface area contributed by atoms with Crippen molar-refractivity contribution in [3.8, 4) is 22.8 Å².